The number of anilines is 1. The monoisotopic (exact) mass is 425 g/mol. The first kappa shape index (κ1) is 19.5. The lowest BCUT2D eigenvalue weighted by Crippen LogP contribution is -2.27. The Labute approximate surface area is 159 Å². The zero-order valence-corrected chi connectivity index (χ0v) is 16.9. The van der Waals surface area contributed by atoms with Crippen LogP contribution in [0.2, 0.25) is 0 Å². The minimum absolute atomic E-state index is 0.259. The standard InChI is InChI=1S/C18H20BrNO4S/c1-5-23-16(21)15-13(20-17(22)24-18(2,3)4)10-14(25-15)11-7-6-8-12(19)9-11/h6-10H,5H2,1-4H3,(H,20,22). The highest BCUT2D eigenvalue weighted by atomic mass is 79.9. The number of nitrogens with one attached hydrogen (secondary N) is 1. The Morgan fingerprint density at radius 1 is 1.24 bits per heavy atom. The minimum Gasteiger partial charge on any atom is -0.462 e. The largest absolute Gasteiger partial charge is 0.462 e. The molecule has 2 aromatic rings. The van der Waals surface area contributed by atoms with Gasteiger partial charge in [0.05, 0.1) is 12.3 Å². The van der Waals surface area contributed by atoms with Crippen LogP contribution >= 0.6 is 27.3 Å². The highest BCUT2D eigenvalue weighted by Crippen LogP contribution is 2.36. The zero-order chi connectivity index (χ0) is 18.6. The average molecular weight is 426 g/mol. The Morgan fingerprint density at radius 3 is 2.56 bits per heavy atom. The highest BCUT2D eigenvalue weighted by Gasteiger charge is 2.22. The van der Waals surface area contributed by atoms with Crippen molar-refractivity contribution in [2.24, 2.45) is 0 Å². The normalized spacial score (nSPS) is 11.1. The van der Waals surface area contributed by atoms with Crippen LogP contribution in [0.25, 0.3) is 10.4 Å². The van der Waals surface area contributed by atoms with Crippen LogP contribution in [-0.2, 0) is 9.47 Å². The summed E-state index contributed by atoms with van der Waals surface area (Å²) in [6, 6.07) is 9.46. The second kappa shape index (κ2) is 8.01. The Kier molecular flexibility index (Phi) is 6.24. The van der Waals surface area contributed by atoms with Gasteiger partial charge in [0.1, 0.15) is 10.5 Å². The molecule has 0 bridgehead atoms. The van der Waals surface area contributed by atoms with Gasteiger partial charge in [-0.3, -0.25) is 5.32 Å². The molecule has 25 heavy (non-hydrogen) atoms. The number of benzene rings is 1. The SMILES string of the molecule is CCOC(=O)c1sc(-c2cccc(Br)c2)cc1NC(=O)OC(C)(C)C. The first-order valence-electron chi connectivity index (χ1n) is 7.76. The molecule has 2 rings (SSSR count). The predicted octanol–water partition coefficient (Wildman–Crippen LogP) is 5.70. The van der Waals surface area contributed by atoms with E-state index in [-0.39, 0.29) is 6.61 Å². The number of halogens is 1. The minimum atomic E-state index is -0.628. The van der Waals surface area contributed by atoms with Crippen LogP contribution in [0.3, 0.4) is 0 Å². The van der Waals surface area contributed by atoms with E-state index in [1.165, 1.54) is 11.3 Å². The number of thiophene rings is 1. The maximum absolute atomic E-state index is 12.2. The lowest BCUT2D eigenvalue weighted by molar-refractivity contribution is 0.0533. The van der Waals surface area contributed by atoms with Crippen LogP contribution in [0.5, 0.6) is 0 Å². The fraction of sp³-hybridized carbons (Fsp3) is 0.333. The maximum atomic E-state index is 12.2. The van der Waals surface area contributed by atoms with E-state index in [2.05, 4.69) is 21.2 Å². The molecule has 1 aromatic carbocycles. The summed E-state index contributed by atoms with van der Waals surface area (Å²) in [5, 5.41) is 2.65. The van der Waals surface area contributed by atoms with E-state index in [1.54, 1.807) is 33.8 Å². The molecule has 0 spiro atoms. The van der Waals surface area contributed by atoms with E-state index in [4.69, 9.17) is 9.47 Å². The van der Waals surface area contributed by atoms with E-state index in [0.717, 1.165) is 14.9 Å². The number of carbonyl (C=O) groups is 2. The fourth-order valence-electron chi connectivity index (χ4n) is 2.03. The molecule has 7 heteroatoms. The molecule has 0 saturated carbocycles. The van der Waals surface area contributed by atoms with Gasteiger partial charge in [-0.2, -0.15) is 0 Å². The molecule has 1 amide bonds. The Morgan fingerprint density at radius 2 is 1.96 bits per heavy atom. The molecule has 0 aliphatic carbocycles. The maximum Gasteiger partial charge on any atom is 0.412 e. The van der Waals surface area contributed by atoms with Crippen molar-refractivity contribution < 1.29 is 19.1 Å². The number of carbonyl (C=O) groups excluding carboxylic acids is 2. The van der Waals surface area contributed by atoms with E-state index < -0.39 is 17.7 Å². The topological polar surface area (TPSA) is 64.6 Å². The van der Waals surface area contributed by atoms with Gasteiger partial charge in [0.2, 0.25) is 0 Å². The van der Waals surface area contributed by atoms with E-state index >= 15 is 0 Å². The van der Waals surface area contributed by atoms with E-state index in [9.17, 15) is 9.59 Å². The second-order valence-electron chi connectivity index (χ2n) is 6.21. The summed E-state index contributed by atoms with van der Waals surface area (Å²) >= 11 is 4.70. The lowest BCUT2D eigenvalue weighted by Gasteiger charge is -2.19. The van der Waals surface area contributed by atoms with Crippen LogP contribution in [0.1, 0.15) is 37.4 Å². The lowest BCUT2D eigenvalue weighted by atomic mass is 10.2. The van der Waals surface area contributed by atoms with Crippen molar-refractivity contribution in [2.75, 3.05) is 11.9 Å². The molecular formula is C18H20BrNO4S. The number of amides is 1. The average Bonchev–Trinajstić information content (AvgIpc) is 2.89. The molecular weight excluding hydrogens is 406 g/mol. The van der Waals surface area contributed by atoms with Crippen molar-refractivity contribution >= 4 is 45.0 Å². The molecule has 1 heterocycles. The van der Waals surface area contributed by atoms with E-state index in [0.29, 0.717) is 10.6 Å². The molecule has 0 unspecified atom stereocenters. The highest BCUT2D eigenvalue weighted by molar-refractivity contribution is 9.10. The fourth-order valence-corrected chi connectivity index (χ4v) is 3.43. The van der Waals surface area contributed by atoms with Crippen molar-refractivity contribution in [1.82, 2.24) is 0 Å². The molecule has 1 aromatic heterocycles. The van der Waals surface area contributed by atoms with Gasteiger partial charge in [0, 0.05) is 9.35 Å². The quantitative estimate of drug-likeness (QED) is 0.637. The van der Waals surface area contributed by atoms with Gasteiger partial charge in [-0.25, -0.2) is 9.59 Å². The van der Waals surface area contributed by atoms with Crippen LogP contribution in [0, 0.1) is 0 Å². The van der Waals surface area contributed by atoms with Gasteiger partial charge >= 0.3 is 12.1 Å². The van der Waals surface area contributed by atoms with Gasteiger partial charge in [0.15, 0.2) is 0 Å². The van der Waals surface area contributed by atoms with Crippen molar-refractivity contribution in [1.29, 1.82) is 0 Å². The molecule has 0 radical (unpaired) electrons. The molecule has 0 atom stereocenters. The molecule has 134 valence electrons. The number of ether oxygens (including phenoxy) is 2. The zero-order valence-electron chi connectivity index (χ0n) is 14.5. The number of hydrogen-bond acceptors (Lipinski definition) is 5. The third kappa shape index (κ3) is 5.57. The van der Waals surface area contributed by atoms with Gasteiger partial charge in [0.25, 0.3) is 0 Å². The third-order valence-electron chi connectivity index (χ3n) is 2.94. The van der Waals surface area contributed by atoms with Gasteiger partial charge in [-0.05, 0) is 51.5 Å². The summed E-state index contributed by atoms with van der Waals surface area (Å²) in [5.41, 5.74) is 0.687. The molecule has 0 fully saturated rings. The molecule has 1 N–H and O–H groups in total. The summed E-state index contributed by atoms with van der Waals surface area (Å²) in [4.78, 5) is 25.5. The van der Waals surface area contributed by atoms with Crippen LogP contribution in [0.4, 0.5) is 10.5 Å². The van der Waals surface area contributed by atoms with Crippen molar-refractivity contribution in [3.8, 4) is 10.4 Å². The summed E-state index contributed by atoms with van der Waals surface area (Å²) in [6.07, 6.45) is -0.614. The van der Waals surface area contributed by atoms with Crippen molar-refractivity contribution in [2.45, 2.75) is 33.3 Å². The number of rotatable bonds is 4. The van der Waals surface area contributed by atoms with Crippen LogP contribution in [0.15, 0.2) is 34.8 Å². The van der Waals surface area contributed by atoms with Crippen LogP contribution < -0.4 is 5.32 Å². The number of esters is 1. The van der Waals surface area contributed by atoms with Crippen molar-refractivity contribution in [3.05, 3.63) is 39.7 Å². The van der Waals surface area contributed by atoms with Gasteiger partial charge < -0.3 is 9.47 Å². The summed E-state index contributed by atoms with van der Waals surface area (Å²) < 4.78 is 11.3. The Balaban J connectivity index is 2.36. The molecule has 0 saturated heterocycles. The molecule has 0 aliphatic rings. The third-order valence-corrected chi connectivity index (χ3v) is 4.60. The molecule has 5 nitrogen and oxygen atoms in total. The first-order chi connectivity index (χ1) is 11.7. The second-order valence-corrected chi connectivity index (χ2v) is 8.18. The Bertz CT molecular complexity index is 780. The summed E-state index contributed by atoms with van der Waals surface area (Å²) in [7, 11) is 0. The van der Waals surface area contributed by atoms with Gasteiger partial charge in [-0.1, -0.05) is 28.1 Å². The molecule has 0 aliphatic heterocycles. The van der Waals surface area contributed by atoms with Gasteiger partial charge in [-0.15, -0.1) is 11.3 Å². The van der Waals surface area contributed by atoms with Crippen molar-refractivity contribution in [3.63, 3.8) is 0 Å². The van der Waals surface area contributed by atoms with E-state index in [1.807, 2.05) is 24.3 Å². The number of hydrogen-bond donors (Lipinski definition) is 1. The summed E-state index contributed by atoms with van der Waals surface area (Å²) in [5.74, 6) is -0.472. The first-order valence-corrected chi connectivity index (χ1v) is 9.37. The van der Waals surface area contributed by atoms with Crippen LogP contribution in [-0.4, -0.2) is 24.3 Å². The predicted molar refractivity (Wildman–Crippen MR) is 103 cm³/mol. The summed E-state index contributed by atoms with van der Waals surface area (Å²) in [6.45, 7) is 7.33. The Hall–Kier alpha value is -1.86. The smallest absolute Gasteiger partial charge is 0.412 e.